The predicted octanol–water partition coefficient (Wildman–Crippen LogP) is 6.53. The third-order valence-corrected chi connectivity index (χ3v) is 5.55. The second-order valence-corrected chi connectivity index (χ2v) is 6.52. The van der Waals surface area contributed by atoms with Crippen LogP contribution in [0.15, 0.2) is 37.7 Å². The van der Waals surface area contributed by atoms with Crippen LogP contribution in [0.3, 0.4) is 0 Å². The fourth-order valence-electron chi connectivity index (χ4n) is 1.60. The molecule has 1 heterocycles. The van der Waals surface area contributed by atoms with Crippen molar-refractivity contribution in [2.24, 2.45) is 0 Å². The lowest BCUT2D eigenvalue weighted by molar-refractivity contribution is 0.357. The summed E-state index contributed by atoms with van der Waals surface area (Å²) in [4.78, 5) is 0. The number of benzene rings is 2. The average molecular weight is 455 g/mol. The summed E-state index contributed by atoms with van der Waals surface area (Å²) in [5.41, 5.74) is 0. The summed E-state index contributed by atoms with van der Waals surface area (Å²) >= 11 is 16.3. The summed E-state index contributed by atoms with van der Waals surface area (Å²) in [6.45, 7) is 0. The van der Waals surface area contributed by atoms with Crippen LogP contribution >= 0.6 is 59.4 Å². The zero-order valence-corrected chi connectivity index (χ0v) is 14.2. The molecule has 0 saturated carbocycles. The van der Waals surface area contributed by atoms with Gasteiger partial charge in [0, 0.05) is 10.5 Å². The Balaban J connectivity index is 2.16. The Morgan fingerprint density at radius 2 is 1.61 bits per heavy atom. The zero-order valence-electron chi connectivity index (χ0n) is 8.64. The molecule has 92 valence electrons. The van der Waals surface area contributed by atoms with E-state index in [4.69, 9.17) is 21.1 Å². The van der Waals surface area contributed by atoms with Gasteiger partial charge in [0.2, 0.25) is 0 Å². The van der Waals surface area contributed by atoms with Gasteiger partial charge < -0.3 is 9.47 Å². The van der Waals surface area contributed by atoms with Crippen LogP contribution in [0.4, 0.5) is 0 Å². The molecule has 2 nitrogen and oxygen atoms in total. The maximum atomic E-state index is 6.09. The maximum Gasteiger partial charge on any atom is 0.185 e. The lowest BCUT2D eigenvalue weighted by atomic mass is 10.2. The van der Waals surface area contributed by atoms with Gasteiger partial charge in [0.15, 0.2) is 23.0 Å². The molecule has 0 amide bonds. The van der Waals surface area contributed by atoms with E-state index in [9.17, 15) is 0 Å². The first-order valence-corrected chi connectivity index (χ1v) is 7.64. The van der Waals surface area contributed by atoms with E-state index in [2.05, 4.69) is 47.8 Å². The molecule has 1 aliphatic rings. The Kier molecular flexibility index (Phi) is 3.34. The van der Waals surface area contributed by atoms with Crippen molar-refractivity contribution in [2.45, 2.75) is 0 Å². The monoisotopic (exact) mass is 452 g/mol. The van der Waals surface area contributed by atoms with Gasteiger partial charge >= 0.3 is 0 Å². The summed E-state index contributed by atoms with van der Waals surface area (Å²) < 4.78 is 14.0. The summed E-state index contributed by atoms with van der Waals surface area (Å²) in [5.74, 6) is 2.52. The second kappa shape index (κ2) is 4.71. The van der Waals surface area contributed by atoms with Crippen molar-refractivity contribution in [3.05, 3.63) is 42.7 Å². The number of fused-ring (bicyclic) bond motifs is 2. The highest BCUT2D eigenvalue weighted by molar-refractivity contribution is 9.13. The van der Waals surface area contributed by atoms with Crippen molar-refractivity contribution in [1.82, 2.24) is 0 Å². The SMILES string of the molecule is Clc1cc2c(c(Br)c1Br)Oc1ccc(Br)cc1O2. The molecule has 2 aromatic carbocycles. The van der Waals surface area contributed by atoms with E-state index in [-0.39, 0.29) is 0 Å². The van der Waals surface area contributed by atoms with Crippen LogP contribution in [0.1, 0.15) is 0 Å². The molecule has 2 aromatic rings. The van der Waals surface area contributed by atoms with E-state index < -0.39 is 0 Å². The van der Waals surface area contributed by atoms with Gasteiger partial charge in [-0.1, -0.05) is 27.5 Å². The first-order valence-electron chi connectivity index (χ1n) is 4.89. The van der Waals surface area contributed by atoms with Gasteiger partial charge in [0.1, 0.15) is 0 Å². The van der Waals surface area contributed by atoms with Crippen LogP contribution in [0.25, 0.3) is 0 Å². The van der Waals surface area contributed by atoms with Crippen molar-refractivity contribution >= 4 is 59.4 Å². The highest BCUT2D eigenvalue weighted by Crippen LogP contribution is 2.52. The molecule has 0 N–H and O–H groups in total. The van der Waals surface area contributed by atoms with Gasteiger partial charge in [-0.05, 0) is 50.1 Å². The quantitative estimate of drug-likeness (QED) is 0.359. The highest BCUT2D eigenvalue weighted by atomic mass is 79.9. The zero-order chi connectivity index (χ0) is 12.9. The van der Waals surface area contributed by atoms with Crippen molar-refractivity contribution in [3.8, 4) is 23.0 Å². The topological polar surface area (TPSA) is 18.5 Å². The average Bonchev–Trinajstić information content (AvgIpc) is 2.34. The first kappa shape index (κ1) is 12.8. The number of rotatable bonds is 0. The molecule has 0 unspecified atom stereocenters. The lowest BCUT2D eigenvalue weighted by Crippen LogP contribution is -2.00. The molecule has 1 aliphatic heterocycles. The second-order valence-electron chi connectivity index (χ2n) is 3.61. The number of halogens is 4. The third-order valence-electron chi connectivity index (χ3n) is 2.42. The minimum absolute atomic E-state index is 0.558. The molecule has 3 rings (SSSR count). The summed E-state index contributed by atoms with van der Waals surface area (Å²) in [7, 11) is 0. The number of hydrogen-bond donors (Lipinski definition) is 0. The number of hydrogen-bond acceptors (Lipinski definition) is 2. The van der Waals surface area contributed by atoms with Crippen LogP contribution in [0.2, 0.25) is 5.02 Å². The van der Waals surface area contributed by atoms with Crippen molar-refractivity contribution in [3.63, 3.8) is 0 Å². The predicted molar refractivity (Wildman–Crippen MR) is 81.1 cm³/mol. The molecular weight excluding hydrogens is 451 g/mol. The van der Waals surface area contributed by atoms with Gasteiger partial charge in [0.25, 0.3) is 0 Å². The van der Waals surface area contributed by atoms with E-state index >= 15 is 0 Å². The molecule has 0 aliphatic carbocycles. The van der Waals surface area contributed by atoms with Crippen molar-refractivity contribution < 1.29 is 9.47 Å². The van der Waals surface area contributed by atoms with Crippen LogP contribution in [0.5, 0.6) is 23.0 Å². The standard InChI is InChI=1S/C12H4Br3ClO2/c13-5-1-2-7-8(3-5)17-9-4-6(16)10(14)11(15)12(9)18-7/h1-4H. The first-order chi connectivity index (χ1) is 8.56. The van der Waals surface area contributed by atoms with Crippen LogP contribution in [0, 0.1) is 0 Å². The molecule has 18 heavy (non-hydrogen) atoms. The molecule has 0 fully saturated rings. The van der Waals surface area contributed by atoms with Gasteiger partial charge in [-0.3, -0.25) is 0 Å². The third kappa shape index (κ3) is 2.07. The summed E-state index contributed by atoms with van der Waals surface area (Å²) in [5, 5.41) is 0.558. The lowest BCUT2D eigenvalue weighted by Gasteiger charge is -2.22. The smallest absolute Gasteiger partial charge is 0.185 e. The summed E-state index contributed by atoms with van der Waals surface area (Å²) in [6, 6.07) is 7.31. The van der Waals surface area contributed by atoms with E-state index in [1.807, 2.05) is 18.2 Å². The largest absolute Gasteiger partial charge is 0.449 e. The Bertz CT molecular complexity index is 658. The molecule has 6 heteroatoms. The number of ether oxygens (including phenoxy) is 2. The molecule has 0 aromatic heterocycles. The highest BCUT2D eigenvalue weighted by Gasteiger charge is 2.24. The molecule has 0 radical (unpaired) electrons. The van der Waals surface area contributed by atoms with Gasteiger partial charge in [0.05, 0.1) is 14.0 Å². The van der Waals surface area contributed by atoms with E-state index in [0.29, 0.717) is 28.0 Å². The molecule has 0 spiro atoms. The minimum Gasteiger partial charge on any atom is -0.449 e. The molecule has 0 atom stereocenters. The van der Waals surface area contributed by atoms with Crippen molar-refractivity contribution in [1.29, 1.82) is 0 Å². The van der Waals surface area contributed by atoms with E-state index in [0.717, 1.165) is 13.4 Å². The Labute approximate surface area is 134 Å². The van der Waals surface area contributed by atoms with Crippen LogP contribution in [-0.2, 0) is 0 Å². The minimum atomic E-state index is 0.558. The summed E-state index contributed by atoms with van der Waals surface area (Å²) in [6.07, 6.45) is 0. The van der Waals surface area contributed by atoms with Crippen LogP contribution < -0.4 is 9.47 Å². The van der Waals surface area contributed by atoms with Gasteiger partial charge in [-0.25, -0.2) is 0 Å². The van der Waals surface area contributed by atoms with Gasteiger partial charge in [-0.2, -0.15) is 0 Å². The van der Waals surface area contributed by atoms with Crippen molar-refractivity contribution in [2.75, 3.05) is 0 Å². The van der Waals surface area contributed by atoms with Gasteiger partial charge in [-0.15, -0.1) is 0 Å². The Hall–Kier alpha value is -0.230. The molecule has 0 saturated heterocycles. The Morgan fingerprint density at radius 3 is 2.39 bits per heavy atom. The van der Waals surface area contributed by atoms with Crippen LogP contribution in [-0.4, -0.2) is 0 Å². The maximum absolute atomic E-state index is 6.09. The van der Waals surface area contributed by atoms with E-state index in [1.54, 1.807) is 6.07 Å². The Morgan fingerprint density at radius 1 is 0.833 bits per heavy atom. The normalized spacial score (nSPS) is 12.2. The molecule has 0 bridgehead atoms. The fraction of sp³-hybridized carbons (Fsp3) is 0. The molecular formula is C12H4Br3ClO2. The fourth-order valence-corrected chi connectivity index (χ4v) is 3.03. The van der Waals surface area contributed by atoms with E-state index in [1.165, 1.54) is 0 Å².